The molecule has 1 aliphatic rings. The molecule has 1 aromatic carbocycles. The number of nitro benzene ring substituents is 1. The molecule has 0 spiro atoms. The van der Waals surface area contributed by atoms with Gasteiger partial charge in [-0.3, -0.25) is 15.0 Å². The Hall–Kier alpha value is -3.59. The minimum atomic E-state index is -1.08. The van der Waals surface area contributed by atoms with E-state index in [-0.39, 0.29) is 42.5 Å². The minimum absolute atomic E-state index is 0.0547. The summed E-state index contributed by atoms with van der Waals surface area (Å²) < 4.78 is 25.2. The molecule has 0 saturated carbocycles. The highest BCUT2D eigenvalue weighted by molar-refractivity contribution is 5.82. The van der Waals surface area contributed by atoms with Gasteiger partial charge in [0.15, 0.2) is 24.1 Å². The number of ether oxygens (including phenoxy) is 5. The zero-order valence-corrected chi connectivity index (χ0v) is 15.8. The summed E-state index contributed by atoms with van der Waals surface area (Å²) in [5.41, 5.74) is -0.236. The third-order valence-corrected chi connectivity index (χ3v) is 4.05. The van der Waals surface area contributed by atoms with Gasteiger partial charge in [-0.2, -0.15) is 5.26 Å². The number of nitro groups is 1. The third kappa shape index (κ3) is 5.23. The first kappa shape index (κ1) is 21.7. The van der Waals surface area contributed by atoms with Gasteiger partial charge in [0.25, 0.3) is 5.69 Å². The molecule has 2 rings (SSSR count). The van der Waals surface area contributed by atoms with Crippen LogP contribution in [0.25, 0.3) is 0 Å². The van der Waals surface area contributed by atoms with Crippen LogP contribution in [0.5, 0.6) is 11.5 Å². The van der Waals surface area contributed by atoms with E-state index in [0.717, 1.165) is 4.90 Å². The summed E-state index contributed by atoms with van der Waals surface area (Å²) in [7, 11) is 2.70. The maximum atomic E-state index is 12.5. The molecule has 1 heterocycles. The minimum Gasteiger partial charge on any atom is -0.493 e. The molecule has 1 saturated heterocycles. The molecule has 0 aromatic heterocycles. The van der Waals surface area contributed by atoms with Crippen LogP contribution in [-0.4, -0.2) is 68.5 Å². The SMILES string of the molecule is COc1cc(COC(=O)N2CCOC[C@H]2C(=O)OCC#N)c([N+](=O)[O-])cc1OC. The number of nitrogens with zero attached hydrogens (tertiary/aromatic N) is 3. The number of methoxy groups -OCH3 is 2. The van der Waals surface area contributed by atoms with E-state index in [9.17, 15) is 19.7 Å². The molecule has 1 aliphatic heterocycles. The van der Waals surface area contributed by atoms with Crippen molar-refractivity contribution in [1.29, 1.82) is 5.26 Å². The van der Waals surface area contributed by atoms with Crippen molar-refractivity contribution in [1.82, 2.24) is 4.90 Å². The van der Waals surface area contributed by atoms with Crippen LogP contribution in [0.4, 0.5) is 10.5 Å². The van der Waals surface area contributed by atoms with E-state index < -0.39 is 36.2 Å². The summed E-state index contributed by atoms with van der Waals surface area (Å²) >= 11 is 0. The van der Waals surface area contributed by atoms with Gasteiger partial charge in [-0.05, 0) is 6.07 Å². The van der Waals surface area contributed by atoms with Gasteiger partial charge in [0.1, 0.15) is 12.7 Å². The number of benzene rings is 1. The fraction of sp³-hybridized carbons (Fsp3) is 0.471. The number of hydrogen-bond donors (Lipinski definition) is 0. The Morgan fingerprint density at radius 1 is 1.31 bits per heavy atom. The van der Waals surface area contributed by atoms with Gasteiger partial charge in [0.05, 0.1) is 44.0 Å². The maximum absolute atomic E-state index is 12.5. The van der Waals surface area contributed by atoms with E-state index in [2.05, 4.69) is 0 Å². The van der Waals surface area contributed by atoms with Crippen LogP contribution in [0.15, 0.2) is 12.1 Å². The predicted molar refractivity (Wildman–Crippen MR) is 94.3 cm³/mol. The average molecular weight is 409 g/mol. The monoisotopic (exact) mass is 409 g/mol. The van der Waals surface area contributed by atoms with Crippen molar-refractivity contribution < 1.29 is 38.2 Å². The number of amides is 1. The van der Waals surface area contributed by atoms with Crippen molar-refractivity contribution in [2.24, 2.45) is 0 Å². The summed E-state index contributed by atoms with van der Waals surface area (Å²) in [4.78, 5) is 36.3. The molecule has 29 heavy (non-hydrogen) atoms. The van der Waals surface area contributed by atoms with Crippen LogP contribution < -0.4 is 9.47 Å². The van der Waals surface area contributed by atoms with Crippen molar-refractivity contribution in [3.63, 3.8) is 0 Å². The first-order valence-corrected chi connectivity index (χ1v) is 8.37. The number of hydrogen-bond acceptors (Lipinski definition) is 10. The summed E-state index contributed by atoms with van der Waals surface area (Å²) in [6.07, 6.45) is -0.878. The molecule has 156 valence electrons. The summed E-state index contributed by atoms with van der Waals surface area (Å²) in [5.74, 6) is -0.420. The molecule has 0 radical (unpaired) electrons. The number of esters is 1. The fourth-order valence-corrected chi connectivity index (χ4v) is 2.64. The van der Waals surface area contributed by atoms with Crippen LogP contribution in [0.2, 0.25) is 0 Å². The Balaban J connectivity index is 2.15. The molecule has 0 aliphatic carbocycles. The van der Waals surface area contributed by atoms with Crippen LogP contribution in [0, 0.1) is 21.4 Å². The quantitative estimate of drug-likeness (QED) is 0.362. The molecule has 12 heteroatoms. The van der Waals surface area contributed by atoms with E-state index in [0.29, 0.717) is 0 Å². The normalized spacial score (nSPS) is 15.8. The maximum Gasteiger partial charge on any atom is 0.411 e. The van der Waals surface area contributed by atoms with E-state index in [1.807, 2.05) is 0 Å². The highest BCUT2D eigenvalue weighted by atomic mass is 16.6. The molecular formula is C17H19N3O9. The zero-order valence-electron chi connectivity index (χ0n) is 15.8. The lowest BCUT2D eigenvalue weighted by Gasteiger charge is -2.32. The van der Waals surface area contributed by atoms with Crippen molar-refractivity contribution in [2.75, 3.05) is 40.6 Å². The van der Waals surface area contributed by atoms with E-state index in [1.165, 1.54) is 26.4 Å². The Bertz CT molecular complexity index is 821. The van der Waals surface area contributed by atoms with Crippen molar-refractivity contribution in [3.05, 3.63) is 27.8 Å². The standard InChI is InChI=1S/C17H19N3O9/c1-25-14-7-11(12(20(23)24)8-15(14)26-2)9-29-17(22)19-4-6-27-10-13(19)16(21)28-5-3-18/h7-8,13H,4-6,9-10H2,1-2H3/t13-/m0/s1. The van der Waals surface area contributed by atoms with Crippen LogP contribution >= 0.6 is 0 Å². The lowest BCUT2D eigenvalue weighted by molar-refractivity contribution is -0.385. The van der Waals surface area contributed by atoms with Crippen molar-refractivity contribution in [3.8, 4) is 17.6 Å². The van der Waals surface area contributed by atoms with Crippen LogP contribution in [0.1, 0.15) is 5.56 Å². The average Bonchev–Trinajstić information content (AvgIpc) is 2.74. The Morgan fingerprint density at radius 2 is 2.00 bits per heavy atom. The van der Waals surface area contributed by atoms with Crippen LogP contribution in [0.3, 0.4) is 0 Å². The fourth-order valence-electron chi connectivity index (χ4n) is 2.64. The molecule has 1 amide bonds. The topological polar surface area (TPSA) is 150 Å². The highest BCUT2D eigenvalue weighted by Crippen LogP contribution is 2.34. The lowest BCUT2D eigenvalue weighted by Crippen LogP contribution is -2.53. The Kier molecular flexibility index (Phi) is 7.55. The molecule has 1 aromatic rings. The Morgan fingerprint density at radius 3 is 2.62 bits per heavy atom. The third-order valence-electron chi connectivity index (χ3n) is 4.05. The van der Waals surface area contributed by atoms with Gasteiger partial charge in [-0.25, -0.2) is 9.59 Å². The van der Waals surface area contributed by atoms with Gasteiger partial charge in [-0.1, -0.05) is 0 Å². The first-order valence-electron chi connectivity index (χ1n) is 8.37. The van der Waals surface area contributed by atoms with Gasteiger partial charge in [0, 0.05) is 6.54 Å². The van der Waals surface area contributed by atoms with E-state index >= 15 is 0 Å². The van der Waals surface area contributed by atoms with Gasteiger partial charge >= 0.3 is 12.1 Å². The number of carbonyl (C=O) groups is 2. The largest absolute Gasteiger partial charge is 0.493 e. The molecule has 1 fully saturated rings. The Labute approximate surface area is 165 Å². The molecule has 1 atom stereocenters. The number of carbonyl (C=O) groups excluding carboxylic acids is 2. The summed E-state index contributed by atoms with van der Waals surface area (Å²) in [5, 5.41) is 19.8. The predicted octanol–water partition coefficient (Wildman–Crippen LogP) is 1.02. The van der Waals surface area contributed by atoms with Gasteiger partial charge in [0.2, 0.25) is 0 Å². The number of rotatable bonds is 7. The lowest BCUT2D eigenvalue weighted by atomic mass is 10.1. The molecular weight excluding hydrogens is 390 g/mol. The van der Waals surface area contributed by atoms with Gasteiger partial charge < -0.3 is 23.7 Å². The van der Waals surface area contributed by atoms with E-state index in [4.69, 9.17) is 28.9 Å². The number of nitriles is 1. The van der Waals surface area contributed by atoms with E-state index in [1.54, 1.807) is 6.07 Å². The summed E-state index contributed by atoms with van der Waals surface area (Å²) in [6.45, 7) is -0.786. The second kappa shape index (κ2) is 10.1. The second-order valence-electron chi connectivity index (χ2n) is 5.70. The molecule has 12 nitrogen and oxygen atoms in total. The highest BCUT2D eigenvalue weighted by Gasteiger charge is 2.35. The second-order valence-corrected chi connectivity index (χ2v) is 5.70. The molecule has 0 bridgehead atoms. The van der Waals surface area contributed by atoms with Crippen molar-refractivity contribution in [2.45, 2.75) is 12.6 Å². The molecule has 0 unspecified atom stereocenters. The zero-order chi connectivity index (χ0) is 21.4. The summed E-state index contributed by atoms with van der Waals surface area (Å²) in [6, 6.07) is 3.08. The van der Waals surface area contributed by atoms with Crippen LogP contribution in [-0.2, 0) is 25.6 Å². The van der Waals surface area contributed by atoms with Gasteiger partial charge in [-0.15, -0.1) is 0 Å². The smallest absolute Gasteiger partial charge is 0.411 e. The first-order chi connectivity index (χ1) is 13.9. The van der Waals surface area contributed by atoms with Crippen molar-refractivity contribution >= 4 is 17.7 Å². The molecule has 0 N–H and O–H groups in total. The number of morpholine rings is 1.